The summed E-state index contributed by atoms with van der Waals surface area (Å²) in [7, 11) is 1.82. The molecule has 13 heteroatoms. The number of nitrogens with one attached hydrogen (secondary N) is 4. The zero-order valence-electron chi connectivity index (χ0n) is 30.4. The molecule has 3 aromatic heterocycles. The Morgan fingerprint density at radius 2 is 1.77 bits per heavy atom. The van der Waals surface area contributed by atoms with Crippen LogP contribution >= 0.6 is 0 Å². The third-order valence-corrected chi connectivity index (χ3v) is 10.1. The second-order valence-corrected chi connectivity index (χ2v) is 14.0. The van der Waals surface area contributed by atoms with Crippen molar-refractivity contribution in [3.05, 3.63) is 82.8 Å². The number of rotatable bonds is 13. The number of nitrogens with zero attached hydrogens (tertiary/aromatic N) is 4. The monoisotopic (exact) mass is 716 g/mol. The summed E-state index contributed by atoms with van der Waals surface area (Å²) in [6.45, 7) is 7.68. The molecule has 4 heterocycles. The maximum Gasteiger partial charge on any atom is 0.242 e. The smallest absolute Gasteiger partial charge is 0.242 e. The summed E-state index contributed by atoms with van der Waals surface area (Å²) in [5.41, 5.74) is 4.05. The first kappa shape index (κ1) is 35.6. The molecule has 0 bridgehead atoms. The van der Waals surface area contributed by atoms with Crippen molar-refractivity contribution in [2.45, 2.75) is 58.7 Å². The van der Waals surface area contributed by atoms with Crippen molar-refractivity contribution in [2.75, 3.05) is 26.7 Å². The Balaban J connectivity index is 1.17. The average Bonchev–Trinajstić information content (AvgIpc) is 3.95. The molecule has 0 spiro atoms. The number of likely N-dealkylation sites (tertiary alicyclic amines) is 1. The average molecular weight is 717 g/mol. The minimum absolute atomic E-state index is 0.0559. The number of aromatic amines is 2. The van der Waals surface area contributed by atoms with E-state index in [0.29, 0.717) is 59.6 Å². The number of hydrogen-bond acceptors (Lipinski definition) is 8. The van der Waals surface area contributed by atoms with Gasteiger partial charge in [0.15, 0.2) is 0 Å². The molecular formula is C40H44N8O5. The van der Waals surface area contributed by atoms with Gasteiger partial charge in [-0.3, -0.25) is 19.2 Å². The van der Waals surface area contributed by atoms with Gasteiger partial charge in [-0.15, -0.1) is 0 Å². The van der Waals surface area contributed by atoms with Gasteiger partial charge in [-0.05, 0) is 73.3 Å². The molecule has 1 aliphatic heterocycles. The first-order valence-corrected chi connectivity index (χ1v) is 18.2. The molecule has 0 unspecified atom stereocenters. The number of aromatic nitrogens is 4. The van der Waals surface area contributed by atoms with Gasteiger partial charge in [0.2, 0.25) is 23.7 Å². The third kappa shape index (κ3) is 6.91. The highest BCUT2D eigenvalue weighted by atomic mass is 16.3. The second kappa shape index (κ2) is 15.0. The van der Waals surface area contributed by atoms with Crippen LogP contribution in [0.2, 0.25) is 0 Å². The molecule has 2 atom stereocenters. The summed E-state index contributed by atoms with van der Waals surface area (Å²) >= 11 is 0. The Morgan fingerprint density at radius 3 is 2.55 bits per heavy atom. The van der Waals surface area contributed by atoms with Gasteiger partial charge in [0.05, 0.1) is 59.7 Å². The van der Waals surface area contributed by atoms with Crippen LogP contribution in [0, 0.1) is 5.92 Å². The van der Waals surface area contributed by atoms with Gasteiger partial charge in [-0.25, -0.2) is 9.97 Å². The summed E-state index contributed by atoms with van der Waals surface area (Å²) in [6, 6.07) is 14.7. The van der Waals surface area contributed by atoms with E-state index in [9.17, 15) is 19.2 Å². The van der Waals surface area contributed by atoms with E-state index in [4.69, 9.17) is 4.42 Å². The molecule has 7 rings (SSSR count). The maximum atomic E-state index is 14.2. The van der Waals surface area contributed by atoms with Gasteiger partial charge in [-0.1, -0.05) is 39.0 Å². The fourth-order valence-electron chi connectivity index (χ4n) is 7.49. The van der Waals surface area contributed by atoms with Crippen LogP contribution in [-0.4, -0.2) is 80.7 Å². The third-order valence-electron chi connectivity index (χ3n) is 10.1. The summed E-state index contributed by atoms with van der Waals surface area (Å²) in [6.07, 6.45) is 6.45. The lowest BCUT2D eigenvalue weighted by Gasteiger charge is -2.28. The lowest BCUT2D eigenvalue weighted by atomic mass is 10.00. The number of fused-ring (bicyclic) bond motifs is 4. The minimum atomic E-state index is -0.267. The van der Waals surface area contributed by atoms with Crippen LogP contribution in [0.25, 0.3) is 55.2 Å². The van der Waals surface area contributed by atoms with Crippen LogP contribution in [0.1, 0.15) is 57.7 Å². The van der Waals surface area contributed by atoms with Crippen LogP contribution < -0.4 is 16.1 Å². The summed E-state index contributed by atoms with van der Waals surface area (Å²) in [4.78, 5) is 70.4. The van der Waals surface area contributed by atoms with Crippen molar-refractivity contribution < 1.29 is 18.8 Å². The number of imidazole rings is 2. The van der Waals surface area contributed by atoms with E-state index >= 15 is 0 Å². The largest absolute Gasteiger partial charge is 0.456 e. The van der Waals surface area contributed by atoms with Gasteiger partial charge in [0.1, 0.15) is 22.8 Å². The fraction of sp³-hybridized carbons (Fsp3) is 0.350. The van der Waals surface area contributed by atoms with Crippen LogP contribution in [0.15, 0.2) is 70.1 Å². The van der Waals surface area contributed by atoms with Crippen molar-refractivity contribution in [3.8, 4) is 22.5 Å². The minimum Gasteiger partial charge on any atom is -0.456 e. The van der Waals surface area contributed by atoms with Gasteiger partial charge in [-0.2, -0.15) is 0 Å². The molecule has 4 N–H and O–H groups in total. The van der Waals surface area contributed by atoms with Gasteiger partial charge in [0.25, 0.3) is 0 Å². The molecule has 0 aliphatic carbocycles. The molecule has 274 valence electrons. The summed E-state index contributed by atoms with van der Waals surface area (Å²) in [5, 5.41) is 8.20. The van der Waals surface area contributed by atoms with Crippen molar-refractivity contribution >= 4 is 50.9 Å². The number of H-pyrrole nitrogens is 2. The van der Waals surface area contributed by atoms with Crippen LogP contribution in [0.3, 0.4) is 0 Å². The van der Waals surface area contributed by atoms with Crippen LogP contribution in [0.5, 0.6) is 0 Å². The predicted octanol–water partition coefficient (Wildman–Crippen LogP) is 5.27. The molecule has 1 fully saturated rings. The van der Waals surface area contributed by atoms with Crippen molar-refractivity contribution in [1.82, 2.24) is 40.4 Å². The molecule has 6 aromatic rings. The molecule has 53 heavy (non-hydrogen) atoms. The van der Waals surface area contributed by atoms with Crippen molar-refractivity contribution in [1.29, 1.82) is 0 Å². The lowest BCUT2D eigenvalue weighted by Crippen LogP contribution is -2.48. The fourth-order valence-corrected chi connectivity index (χ4v) is 7.49. The van der Waals surface area contributed by atoms with Gasteiger partial charge >= 0.3 is 0 Å². The predicted molar refractivity (Wildman–Crippen MR) is 204 cm³/mol. The standard InChI is InChI=1S/C40H44N8O5/c1-5-14-47(40(52)37(41-4)23(2)3)21-34-43-18-29(45-34)25-8-11-27-24(16-25)9-13-33-36(27)38(51)28-17-26(10-12-32(28)53-33)30-19-44-39(46-30)31-7-6-15-48(31)35(50)20-42-22-49/h8-13,16-19,22-23,31,37,41H,5-7,14-15,20-21H2,1-4H3,(H,42,49)(H,43,45)(H,44,46)/t31-,37-/m0/s1. The molecule has 3 aromatic carbocycles. The Morgan fingerprint density at radius 1 is 1.02 bits per heavy atom. The van der Waals surface area contributed by atoms with Crippen molar-refractivity contribution in [3.63, 3.8) is 0 Å². The lowest BCUT2D eigenvalue weighted by molar-refractivity contribution is -0.135. The Hall–Kier alpha value is -5.82. The van der Waals surface area contributed by atoms with E-state index in [1.54, 1.807) is 23.4 Å². The van der Waals surface area contributed by atoms with E-state index in [0.717, 1.165) is 52.5 Å². The number of hydrogen-bond donors (Lipinski definition) is 4. The molecule has 1 aliphatic rings. The first-order chi connectivity index (χ1) is 25.7. The normalized spacial score (nSPS) is 15.1. The van der Waals surface area contributed by atoms with Crippen LogP contribution in [0.4, 0.5) is 0 Å². The molecule has 3 amide bonds. The van der Waals surface area contributed by atoms with Gasteiger partial charge in [0, 0.05) is 24.2 Å². The highest BCUT2D eigenvalue weighted by Gasteiger charge is 2.32. The van der Waals surface area contributed by atoms with E-state index in [2.05, 4.69) is 37.5 Å². The topological polar surface area (TPSA) is 169 Å². The maximum absolute atomic E-state index is 14.2. The Labute approximate surface area is 306 Å². The molecule has 1 saturated heterocycles. The summed E-state index contributed by atoms with van der Waals surface area (Å²) < 4.78 is 6.27. The highest BCUT2D eigenvalue weighted by molar-refractivity contribution is 6.09. The molecule has 0 saturated carbocycles. The zero-order valence-corrected chi connectivity index (χ0v) is 30.4. The SMILES string of the molecule is CCCN(Cc1ncc(-c2ccc3c(ccc4oc5ccc(-c6cnc([C@@H]7CCCN7C(=O)CNC=O)[nH]6)cc5c(=O)c43)c2)[nH]1)C(=O)[C@@H](NC)C(C)C. The zero-order chi connectivity index (χ0) is 37.2. The Kier molecular flexibility index (Phi) is 10.1. The first-order valence-electron chi connectivity index (χ1n) is 18.2. The number of carbonyl (C=O) groups is 3. The highest BCUT2D eigenvalue weighted by Crippen LogP contribution is 2.33. The van der Waals surface area contributed by atoms with E-state index in [1.165, 1.54) is 0 Å². The molecule has 0 radical (unpaired) electrons. The number of amides is 3. The Bertz CT molecular complexity index is 2380. The van der Waals surface area contributed by atoms with E-state index in [-0.39, 0.29) is 41.8 Å². The van der Waals surface area contributed by atoms with E-state index < -0.39 is 0 Å². The quantitative estimate of drug-likeness (QED) is 0.0712. The number of likely N-dealkylation sites (N-methyl/N-ethyl adjacent to an activating group) is 1. The van der Waals surface area contributed by atoms with Crippen LogP contribution in [-0.2, 0) is 20.9 Å². The van der Waals surface area contributed by atoms with E-state index in [1.807, 2.05) is 68.3 Å². The molecular weight excluding hydrogens is 672 g/mol. The van der Waals surface area contributed by atoms with Gasteiger partial charge < -0.3 is 34.8 Å². The van der Waals surface area contributed by atoms with Crippen molar-refractivity contribution in [2.24, 2.45) is 5.92 Å². The molecule has 13 nitrogen and oxygen atoms in total. The second-order valence-electron chi connectivity index (χ2n) is 14.0. The number of benzene rings is 3. The summed E-state index contributed by atoms with van der Waals surface area (Å²) in [5.74, 6) is 1.42. The number of carbonyl (C=O) groups excluding carboxylic acids is 3.